The first-order chi connectivity index (χ1) is 14.8. The fourth-order valence-electron chi connectivity index (χ4n) is 3.67. The Labute approximate surface area is 182 Å². The van der Waals surface area contributed by atoms with Crippen LogP contribution in [0.4, 0.5) is 0 Å². The van der Waals surface area contributed by atoms with Crippen molar-refractivity contribution >= 4 is 0 Å². The van der Waals surface area contributed by atoms with Gasteiger partial charge in [-0.25, -0.2) is 9.67 Å². The highest BCUT2D eigenvalue weighted by Crippen LogP contribution is 2.30. The molecule has 0 bridgehead atoms. The van der Waals surface area contributed by atoms with Crippen molar-refractivity contribution in [2.24, 2.45) is 5.92 Å². The molecule has 1 N–H and O–H groups in total. The molecule has 4 aromatic rings. The van der Waals surface area contributed by atoms with Crippen molar-refractivity contribution in [3.05, 3.63) is 65.7 Å². The summed E-state index contributed by atoms with van der Waals surface area (Å²) in [5.74, 6) is 3.07. The van der Waals surface area contributed by atoms with Gasteiger partial charge in [-0.05, 0) is 27.8 Å². The van der Waals surface area contributed by atoms with E-state index in [1.54, 1.807) is 0 Å². The first-order valence-corrected chi connectivity index (χ1v) is 10.7. The molecule has 0 unspecified atom stereocenters. The summed E-state index contributed by atoms with van der Waals surface area (Å²) in [5, 5.41) is 19.3. The highest BCUT2D eigenvalue weighted by Gasteiger charge is 2.23. The predicted molar refractivity (Wildman–Crippen MR) is 121 cm³/mol. The summed E-state index contributed by atoms with van der Waals surface area (Å²) >= 11 is 0. The maximum Gasteiger partial charge on any atom is 0.205 e. The molecule has 4 rings (SSSR count). The molecule has 7 heteroatoms. The maximum absolute atomic E-state index is 4.85. The Morgan fingerprint density at radius 3 is 2.29 bits per heavy atom. The van der Waals surface area contributed by atoms with E-state index < -0.39 is 0 Å². The molecule has 2 aromatic carbocycles. The Hall–Kier alpha value is -3.35. The Morgan fingerprint density at radius 1 is 0.968 bits per heavy atom. The molecular weight excluding hydrogens is 386 g/mol. The molecule has 0 saturated carbocycles. The van der Waals surface area contributed by atoms with Crippen LogP contribution >= 0.6 is 0 Å². The fourth-order valence-corrected chi connectivity index (χ4v) is 3.67. The average Bonchev–Trinajstić information content (AvgIpc) is 3.38. The zero-order valence-electron chi connectivity index (χ0n) is 18.8. The maximum atomic E-state index is 4.85. The van der Waals surface area contributed by atoms with Crippen molar-refractivity contribution in [1.82, 2.24) is 35.4 Å². The van der Waals surface area contributed by atoms with E-state index in [4.69, 9.17) is 10.1 Å². The first kappa shape index (κ1) is 20.9. The van der Waals surface area contributed by atoms with Gasteiger partial charge in [-0.2, -0.15) is 10.3 Å². The highest BCUT2D eigenvalue weighted by molar-refractivity contribution is 5.80. The van der Waals surface area contributed by atoms with Gasteiger partial charge in [-0.15, -0.1) is 10.2 Å². The number of hydrogen-bond donors (Lipinski definition) is 1. The van der Waals surface area contributed by atoms with Crippen LogP contribution < -0.4 is 0 Å². The van der Waals surface area contributed by atoms with Crippen LogP contribution in [-0.2, 0) is 18.4 Å². The average molecular weight is 416 g/mol. The van der Waals surface area contributed by atoms with Crippen molar-refractivity contribution < 1.29 is 0 Å². The number of rotatable bonds is 6. The van der Waals surface area contributed by atoms with Crippen LogP contribution in [0.1, 0.15) is 51.8 Å². The molecule has 7 nitrogen and oxygen atoms in total. The molecule has 160 valence electrons. The summed E-state index contributed by atoms with van der Waals surface area (Å²) in [4.78, 5) is 4.85. The minimum Gasteiger partial charge on any atom is -0.245 e. The van der Waals surface area contributed by atoms with Gasteiger partial charge >= 0.3 is 0 Å². The minimum absolute atomic E-state index is 0.0638. The molecule has 0 saturated heterocycles. The Balaban J connectivity index is 1.62. The number of H-pyrrole nitrogens is 1. The predicted octanol–water partition coefficient (Wildman–Crippen LogP) is 4.67. The number of aromatic nitrogens is 7. The van der Waals surface area contributed by atoms with E-state index in [0.29, 0.717) is 18.3 Å². The number of aromatic amines is 1. The summed E-state index contributed by atoms with van der Waals surface area (Å²) in [5.41, 5.74) is 4.26. The quantitative estimate of drug-likeness (QED) is 0.495. The van der Waals surface area contributed by atoms with Crippen LogP contribution in [0.15, 0.2) is 48.5 Å². The number of nitrogens with zero attached hydrogens (tertiary/aromatic N) is 6. The Morgan fingerprint density at radius 2 is 1.68 bits per heavy atom. The molecule has 0 radical (unpaired) electrons. The van der Waals surface area contributed by atoms with Crippen molar-refractivity contribution in [1.29, 1.82) is 0 Å². The van der Waals surface area contributed by atoms with Gasteiger partial charge in [0.05, 0.1) is 6.54 Å². The van der Waals surface area contributed by atoms with E-state index in [1.807, 2.05) is 18.2 Å². The topological polar surface area (TPSA) is 85.2 Å². The monoisotopic (exact) mass is 415 g/mol. The smallest absolute Gasteiger partial charge is 0.205 e. The van der Waals surface area contributed by atoms with Crippen molar-refractivity contribution in [2.75, 3.05) is 0 Å². The van der Waals surface area contributed by atoms with Crippen LogP contribution in [0, 0.1) is 5.92 Å². The van der Waals surface area contributed by atoms with Gasteiger partial charge in [0.2, 0.25) is 5.82 Å². The van der Waals surface area contributed by atoms with Crippen LogP contribution in [-0.4, -0.2) is 35.4 Å². The third-order valence-corrected chi connectivity index (χ3v) is 5.09. The zero-order valence-corrected chi connectivity index (χ0v) is 18.8. The highest BCUT2D eigenvalue weighted by atomic mass is 15.5. The second kappa shape index (κ2) is 8.41. The van der Waals surface area contributed by atoms with Gasteiger partial charge in [-0.1, -0.05) is 83.1 Å². The lowest BCUT2D eigenvalue weighted by Crippen LogP contribution is -2.20. The SMILES string of the molecule is CC(C)Cc1nc(C(C)(C)C)n(Cc2ccc(-c3ccccc3-c3nn[nH]n3)cc2)n1. The summed E-state index contributed by atoms with van der Waals surface area (Å²) in [6, 6.07) is 16.7. The summed E-state index contributed by atoms with van der Waals surface area (Å²) in [6.07, 6.45) is 0.891. The van der Waals surface area contributed by atoms with Gasteiger partial charge in [-0.3, -0.25) is 0 Å². The fraction of sp³-hybridized carbons (Fsp3) is 0.375. The molecule has 0 aliphatic rings. The molecule has 2 heterocycles. The summed E-state index contributed by atoms with van der Waals surface area (Å²) in [6.45, 7) is 11.6. The van der Waals surface area contributed by atoms with E-state index in [1.165, 1.54) is 5.56 Å². The van der Waals surface area contributed by atoms with Gasteiger partial charge in [0.25, 0.3) is 0 Å². The van der Waals surface area contributed by atoms with Gasteiger partial charge < -0.3 is 0 Å². The molecule has 0 fully saturated rings. The van der Waals surface area contributed by atoms with Crippen molar-refractivity contribution in [3.8, 4) is 22.5 Å². The van der Waals surface area contributed by atoms with Crippen LogP contribution in [0.25, 0.3) is 22.5 Å². The third-order valence-electron chi connectivity index (χ3n) is 5.09. The number of hydrogen-bond acceptors (Lipinski definition) is 5. The number of nitrogens with one attached hydrogen (secondary N) is 1. The molecule has 0 atom stereocenters. The molecule has 2 aromatic heterocycles. The van der Waals surface area contributed by atoms with E-state index in [9.17, 15) is 0 Å². The van der Waals surface area contributed by atoms with Crippen LogP contribution in [0.2, 0.25) is 0 Å². The molecule has 0 aliphatic carbocycles. The van der Waals surface area contributed by atoms with Gasteiger partial charge in [0, 0.05) is 17.4 Å². The van der Waals surface area contributed by atoms with Crippen LogP contribution in [0.3, 0.4) is 0 Å². The van der Waals surface area contributed by atoms with Crippen molar-refractivity contribution in [3.63, 3.8) is 0 Å². The second-order valence-electron chi connectivity index (χ2n) is 9.34. The summed E-state index contributed by atoms with van der Waals surface area (Å²) in [7, 11) is 0. The molecular formula is C24H29N7. The van der Waals surface area contributed by atoms with E-state index in [2.05, 4.69) is 90.3 Å². The van der Waals surface area contributed by atoms with E-state index >= 15 is 0 Å². The molecule has 31 heavy (non-hydrogen) atoms. The van der Waals surface area contributed by atoms with Crippen LogP contribution in [0.5, 0.6) is 0 Å². The second-order valence-corrected chi connectivity index (χ2v) is 9.34. The standard InChI is InChI=1S/C24H29N7/c1-16(2)14-21-25-23(24(3,4)5)31(28-21)15-17-10-12-18(13-11-17)19-8-6-7-9-20(19)22-26-29-30-27-22/h6-13,16H,14-15H2,1-5H3,(H,26,27,29,30). The first-order valence-electron chi connectivity index (χ1n) is 10.7. The normalized spacial score (nSPS) is 11.9. The summed E-state index contributed by atoms with van der Waals surface area (Å²) < 4.78 is 2.06. The largest absolute Gasteiger partial charge is 0.245 e. The molecule has 0 aliphatic heterocycles. The van der Waals surface area contributed by atoms with Gasteiger partial charge in [0.15, 0.2) is 5.82 Å². The zero-order chi connectivity index (χ0) is 22.0. The van der Waals surface area contributed by atoms with E-state index in [0.717, 1.165) is 34.8 Å². The number of benzene rings is 2. The molecule has 0 amide bonds. The van der Waals surface area contributed by atoms with Gasteiger partial charge in [0.1, 0.15) is 5.82 Å². The lowest BCUT2D eigenvalue weighted by molar-refractivity contribution is 0.490. The minimum atomic E-state index is -0.0638. The lowest BCUT2D eigenvalue weighted by atomic mass is 9.95. The Bertz CT molecular complexity index is 1130. The lowest BCUT2D eigenvalue weighted by Gasteiger charge is -2.18. The molecule has 0 spiro atoms. The third kappa shape index (κ3) is 4.71. The number of tetrazole rings is 1. The van der Waals surface area contributed by atoms with Crippen molar-refractivity contribution in [2.45, 2.75) is 53.0 Å². The van der Waals surface area contributed by atoms with E-state index in [-0.39, 0.29) is 5.41 Å². The Kier molecular flexibility index (Phi) is 5.67.